The molecule has 2 heterocycles. The number of Topliss-reactive ketones (excluding diaryl/α,β-unsaturated/α-hetero) is 1. The Hall–Kier alpha value is -0.740. The maximum atomic E-state index is 12.0. The van der Waals surface area contributed by atoms with Gasteiger partial charge in [-0.1, -0.05) is 13.3 Å². The summed E-state index contributed by atoms with van der Waals surface area (Å²) in [6.07, 6.45) is 6.08. The molecule has 0 amide bonds. The van der Waals surface area contributed by atoms with Crippen LogP contribution in [0.15, 0.2) is 6.07 Å². The summed E-state index contributed by atoms with van der Waals surface area (Å²) >= 11 is 1.48. The number of hydrogen-bond acceptors (Lipinski definition) is 4. The second-order valence-corrected chi connectivity index (χ2v) is 5.86. The minimum atomic E-state index is 0.195. The Labute approximate surface area is 113 Å². The van der Waals surface area contributed by atoms with Gasteiger partial charge in [-0.25, -0.2) is 0 Å². The van der Waals surface area contributed by atoms with E-state index in [0.717, 1.165) is 32.5 Å². The number of carbonyl (C=O) groups is 1. The lowest BCUT2D eigenvalue weighted by Crippen LogP contribution is -2.05. The molecule has 1 fully saturated rings. The summed E-state index contributed by atoms with van der Waals surface area (Å²) in [7, 11) is 0. The van der Waals surface area contributed by atoms with Crippen molar-refractivity contribution in [3.63, 3.8) is 0 Å². The Bertz CT molecular complexity index is 383. The van der Waals surface area contributed by atoms with E-state index in [1.165, 1.54) is 29.3 Å². The van der Waals surface area contributed by atoms with Gasteiger partial charge in [0.25, 0.3) is 0 Å². The van der Waals surface area contributed by atoms with Crippen molar-refractivity contribution in [3.8, 4) is 0 Å². The third-order valence-electron chi connectivity index (χ3n) is 3.43. The molecule has 1 aliphatic heterocycles. The zero-order valence-corrected chi connectivity index (χ0v) is 11.8. The van der Waals surface area contributed by atoms with Gasteiger partial charge in [0, 0.05) is 24.5 Å². The molecule has 1 aromatic heterocycles. The van der Waals surface area contributed by atoms with Gasteiger partial charge in [-0.15, -0.1) is 0 Å². The van der Waals surface area contributed by atoms with E-state index in [4.69, 9.17) is 4.74 Å². The molecule has 0 saturated carbocycles. The van der Waals surface area contributed by atoms with Gasteiger partial charge in [-0.05, 0) is 49.2 Å². The van der Waals surface area contributed by atoms with Crippen LogP contribution >= 0.6 is 11.5 Å². The van der Waals surface area contributed by atoms with E-state index in [2.05, 4.69) is 11.3 Å². The Balaban J connectivity index is 1.78. The Morgan fingerprint density at radius 3 is 3.22 bits per heavy atom. The molecule has 0 bridgehead atoms. The van der Waals surface area contributed by atoms with Crippen LogP contribution in [-0.2, 0) is 11.2 Å². The van der Waals surface area contributed by atoms with Crippen LogP contribution < -0.4 is 0 Å². The SMILES string of the molecule is CCCCc1cc(C(=O)CCC2CCOC2)ns1. The van der Waals surface area contributed by atoms with E-state index in [1.807, 2.05) is 6.07 Å². The summed E-state index contributed by atoms with van der Waals surface area (Å²) in [6, 6.07) is 1.98. The lowest BCUT2D eigenvalue weighted by atomic mass is 10.00. The van der Waals surface area contributed by atoms with Gasteiger partial charge in [0.05, 0.1) is 0 Å². The molecule has 1 aromatic rings. The van der Waals surface area contributed by atoms with Gasteiger partial charge in [0.15, 0.2) is 5.78 Å². The summed E-state index contributed by atoms with van der Waals surface area (Å²) in [6.45, 7) is 3.86. The van der Waals surface area contributed by atoms with Crippen molar-refractivity contribution in [1.82, 2.24) is 4.37 Å². The summed E-state index contributed by atoms with van der Waals surface area (Å²) < 4.78 is 9.59. The fourth-order valence-corrected chi connectivity index (χ4v) is 2.96. The molecule has 100 valence electrons. The topological polar surface area (TPSA) is 39.2 Å². The first-order chi connectivity index (χ1) is 8.79. The molecule has 0 aliphatic carbocycles. The van der Waals surface area contributed by atoms with Crippen molar-refractivity contribution in [2.75, 3.05) is 13.2 Å². The first kappa shape index (κ1) is 13.7. The first-order valence-corrected chi connectivity index (χ1v) is 7.63. The largest absolute Gasteiger partial charge is 0.381 e. The maximum Gasteiger partial charge on any atom is 0.182 e. The highest BCUT2D eigenvalue weighted by Crippen LogP contribution is 2.20. The highest BCUT2D eigenvalue weighted by molar-refractivity contribution is 7.05. The van der Waals surface area contributed by atoms with Crippen molar-refractivity contribution in [3.05, 3.63) is 16.6 Å². The van der Waals surface area contributed by atoms with Gasteiger partial charge in [-0.3, -0.25) is 4.79 Å². The molecule has 0 spiro atoms. The smallest absolute Gasteiger partial charge is 0.182 e. The number of ketones is 1. The van der Waals surface area contributed by atoms with Crippen molar-refractivity contribution >= 4 is 17.3 Å². The molecule has 1 unspecified atom stereocenters. The highest BCUT2D eigenvalue weighted by Gasteiger charge is 2.18. The fraction of sp³-hybridized carbons (Fsp3) is 0.714. The molecule has 1 aliphatic rings. The predicted molar refractivity (Wildman–Crippen MR) is 73.2 cm³/mol. The zero-order valence-electron chi connectivity index (χ0n) is 11.0. The van der Waals surface area contributed by atoms with Crippen LogP contribution in [0.3, 0.4) is 0 Å². The summed E-state index contributed by atoms with van der Waals surface area (Å²) in [5.74, 6) is 0.771. The number of aryl methyl sites for hydroxylation is 1. The molecule has 4 heteroatoms. The van der Waals surface area contributed by atoms with Crippen molar-refractivity contribution in [2.45, 2.75) is 45.4 Å². The quantitative estimate of drug-likeness (QED) is 0.710. The molecule has 3 nitrogen and oxygen atoms in total. The zero-order chi connectivity index (χ0) is 12.8. The maximum absolute atomic E-state index is 12.0. The van der Waals surface area contributed by atoms with Crippen molar-refractivity contribution in [1.29, 1.82) is 0 Å². The minimum Gasteiger partial charge on any atom is -0.381 e. The molecule has 0 radical (unpaired) electrons. The summed E-state index contributed by atoms with van der Waals surface area (Å²) in [5.41, 5.74) is 0.671. The fourth-order valence-electron chi connectivity index (χ4n) is 2.19. The van der Waals surface area contributed by atoms with Gasteiger partial charge in [0.2, 0.25) is 0 Å². The van der Waals surface area contributed by atoms with E-state index in [0.29, 0.717) is 18.0 Å². The predicted octanol–water partition coefficient (Wildman–Crippen LogP) is 3.49. The van der Waals surface area contributed by atoms with Crippen LogP contribution in [0.25, 0.3) is 0 Å². The van der Waals surface area contributed by atoms with Crippen molar-refractivity contribution in [2.24, 2.45) is 5.92 Å². The van der Waals surface area contributed by atoms with Gasteiger partial charge < -0.3 is 4.74 Å². The van der Waals surface area contributed by atoms with E-state index in [9.17, 15) is 4.79 Å². The van der Waals surface area contributed by atoms with Gasteiger partial charge in [0.1, 0.15) is 5.69 Å². The monoisotopic (exact) mass is 267 g/mol. The Morgan fingerprint density at radius 1 is 1.61 bits per heavy atom. The number of unbranched alkanes of at least 4 members (excludes halogenated alkanes) is 1. The number of nitrogens with zero attached hydrogens (tertiary/aromatic N) is 1. The first-order valence-electron chi connectivity index (χ1n) is 6.86. The van der Waals surface area contributed by atoms with E-state index in [1.54, 1.807) is 0 Å². The lowest BCUT2D eigenvalue weighted by Gasteiger charge is -2.04. The van der Waals surface area contributed by atoms with Crippen LogP contribution in [0.2, 0.25) is 0 Å². The summed E-state index contributed by atoms with van der Waals surface area (Å²) in [4.78, 5) is 13.2. The van der Waals surface area contributed by atoms with E-state index in [-0.39, 0.29) is 5.78 Å². The molecule has 0 N–H and O–H groups in total. The summed E-state index contributed by atoms with van der Waals surface area (Å²) in [5, 5.41) is 0. The number of aromatic nitrogens is 1. The number of carbonyl (C=O) groups excluding carboxylic acids is 1. The lowest BCUT2D eigenvalue weighted by molar-refractivity contribution is 0.0967. The van der Waals surface area contributed by atoms with E-state index < -0.39 is 0 Å². The van der Waals surface area contributed by atoms with Crippen LogP contribution in [0.5, 0.6) is 0 Å². The number of ether oxygens (including phenoxy) is 1. The van der Waals surface area contributed by atoms with E-state index >= 15 is 0 Å². The second kappa shape index (κ2) is 7.00. The third-order valence-corrected chi connectivity index (χ3v) is 4.27. The molecule has 2 rings (SSSR count). The second-order valence-electron chi connectivity index (χ2n) is 4.97. The average molecular weight is 267 g/mol. The van der Waals surface area contributed by atoms with Crippen LogP contribution in [-0.4, -0.2) is 23.4 Å². The average Bonchev–Trinajstić information content (AvgIpc) is 3.04. The number of rotatable bonds is 7. The van der Waals surface area contributed by atoms with Crippen LogP contribution in [0.1, 0.15) is 54.4 Å². The van der Waals surface area contributed by atoms with Crippen molar-refractivity contribution < 1.29 is 9.53 Å². The Kier molecular flexibility index (Phi) is 5.32. The molecular weight excluding hydrogens is 246 g/mol. The number of hydrogen-bond donors (Lipinski definition) is 0. The molecule has 1 atom stereocenters. The Morgan fingerprint density at radius 2 is 2.50 bits per heavy atom. The highest BCUT2D eigenvalue weighted by atomic mass is 32.1. The van der Waals surface area contributed by atoms with Crippen LogP contribution in [0.4, 0.5) is 0 Å². The molecular formula is C14H21NO2S. The normalized spacial score (nSPS) is 19.3. The van der Waals surface area contributed by atoms with Crippen LogP contribution in [0, 0.1) is 5.92 Å². The molecule has 0 aromatic carbocycles. The molecule has 1 saturated heterocycles. The minimum absolute atomic E-state index is 0.195. The third kappa shape index (κ3) is 3.89. The standard InChI is InChI=1S/C14H21NO2S/c1-2-3-4-12-9-13(15-18-12)14(16)6-5-11-7-8-17-10-11/h9,11H,2-8,10H2,1H3. The van der Waals surface area contributed by atoms with Gasteiger partial charge >= 0.3 is 0 Å². The molecule has 18 heavy (non-hydrogen) atoms. The van der Waals surface area contributed by atoms with Gasteiger partial charge in [-0.2, -0.15) is 4.37 Å².